The van der Waals surface area contributed by atoms with Gasteiger partial charge in [-0.3, -0.25) is 9.59 Å². The summed E-state index contributed by atoms with van der Waals surface area (Å²) in [6.45, 7) is 8.03. The summed E-state index contributed by atoms with van der Waals surface area (Å²) >= 11 is 0. The van der Waals surface area contributed by atoms with Gasteiger partial charge in [0, 0.05) is 35.4 Å². The molecule has 7 nitrogen and oxygen atoms in total. The third-order valence-electron chi connectivity index (χ3n) is 4.46. The van der Waals surface area contributed by atoms with Crippen LogP contribution in [0.5, 0.6) is 0 Å². The predicted octanol–water partition coefficient (Wildman–Crippen LogP) is 3.67. The third kappa shape index (κ3) is 7.24. The molecule has 2 aromatic carbocycles. The topological polar surface area (TPSA) is 99.3 Å². The lowest BCUT2D eigenvalue weighted by Crippen LogP contribution is -2.34. The van der Waals surface area contributed by atoms with Gasteiger partial charge in [0.05, 0.1) is 0 Å². The number of amides is 4. The SMILES string of the molecule is CCC(C)NC(=O)c1cccc(CNC(=O)c2ccc(NC(=O)NC(C)C)cc2)c1. The normalized spacial score (nSPS) is 11.5. The van der Waals surface area contributed by atoms with Crippen molar-refractivity contribution in [3.8, 4) is 0 Å². The van der Waals surface area contributed by atoms with Gasteiger partial charge in [-0.2, -0.15) is 0 Å². The standard InChI is InChI=1S/C23H30N4O3/c1-5-16(4)26-22(29)19-8-6-7-17(13-19)14-24-21(28)18-9-11-20(12-10-18)27-23(30)25-15(2)3/h6-13,15-16H,5,14H2,1-4H3,(H,24,28)(H,26,29)(H2,25,27,30). The van der Waals surface area contributed by atoms with E-state index in [-0.39, 0.29) is 29.9 Å². The summed E-state index contributed by atoms with van der Waals surface area (Å²) in [5.74, 6) is -0.357. The molecule has 0 aliphatic heterocycles. The van der Waals surface area contributed by atoms with E-state index in [0.717, 1.165) is 12.0 Å². The Hall–Kier alpha value is -3.35. The van der Waals surface area contributed by atoms with Crippen LogP contribution in [-0.4, -0.2) is 29.9 Å². The summed E-state index contributed by atoms with van der Waals surface area (Å²) in [6.07, 6.45) is 0.859. The first-order chi connectivity index (χ1) is 14.3. The molecule has 0 fully saturated rings. The molecule has 160 valence electrons. The number of anilines is 1. The van der Waals surface area contributed by atoms with E-state index in [1.807, 2.05) is 33.8 Å². The van der Waals surface area contributed by atoms with Gasteiger partial charge in [0.15, 0.2) is 0 Å². The maximum atomic E-state index is 12.4. The Bertz CT molecular complexity index is 878. The van der Waals surface area contributed by atoms with Crippen LogP contribution < -0.4 is 21.3 Å². The summed E-state index contributed by atoms with van der Waals surface area (Å²) in [6, 6.07) is 13.7. The second-order valence-electron chi connectivity index (χ2n) is 7.50. The molecule has 30 heavy (non-hydrogen) atoms. The van der Waals surface area contributed by atoms with E-state index in [2.05, 4.69) is 21.3 Å². The lowest BCUT2D eigenvalue weighted by molar-refractivity contribution is 0.0936. The van der Waals surface area contributed by atoms with E-state index < -0.39 is 0 Å². The predicted molar refractivity (Wildman–Crippen MR) is 119 cm³/mol. The van der Waals surface area contributed by atoms with Gasteiger partial charge in [-0.1, -0.05) is 19.1 Å². The lowest BCUT2D eigenvalue weighted by Gasteiger charge is -2.12. The minimum absolute atomic E-state index is 0.0367. The van der Waals surface area contributed by atoms with Crippen LogP contribution in [0.25, 0.3) is 0 Å². The molecule has 0 bridgehead atoms. The van der Waals surface area contributed by atoms with Crippen LogP contribution in [0, 0.1) is 0 Å². The van der Waals surface area contributed by atoms with Crippen LogP contribution in [-0.2, 0) is 6.54 Å². The zero-order valence-corrected chi connectivity index (χ0v) is 17.9. The summed E-state index contributed by atoms with van der Waals surface area (Å²) in [5.41, 5.74) is 2.49. The largest absolute Gasteiger partial charge is 0.350 e. The van der Waals surface area contributed by atoms with Crippen LogP contribution in [0.4, 0.5) is 10.5 Å². The van der Waals surface area contributed by atoms with Crippen molar-refractivity contribution < 1.29 is 14.4 Å². The first-order valence-corrected chi connectivity index (χ1v) is 10.1. The number of benzene rings is 2. The van der Waals surface area contributed by atoms with E-state index in [1.54, 1.807) is 42.5 Å². The van der Waals surface area contributed by atoms with Crippen LogP contribution >= 0.6 is 0 Å². The molecule has 1 atom stereocenters. The van der Waals surface area contributed by atoms with Crippen molar-refractivity contribution in [1.29, 1.82) is 0 Å². The van der Waals surface area contributed by atoms with Gasteiger partial charge >= 0.3 is 6.03 Å². The van der Waals surface area contributed by atoms with E-state index in [1.165, 1.54) is 0 Å². The first-order valence-electron chi connectivity index (χ1n) is 10.1. The van der Waals surface area contributed by atoms with E-state index in [4.69, 9.17) is 0 Å². The molecule has 7 heteroatoms. The Morgan fingerprint density at radius 2 is 1.57 bits per heavy atom. The molecular weight excluding hydrogens is 380 g/mol. The summed E-state index contributed by atoms with van der Waals surface area (Å²) in [7, 11) is 0. The maximum absolute atomic E-state index is 12.4. The van der Waals surface area contributed by atoms with Gasteiger partial charge in [-0.25, -0.2) is 4.79 Å². The van der Waals surface area contributed by atoms with Crippen molar-refractivity contribution in [1.82, 2.24) is 16.0 Å². The van der Waals surface area contributed by atoms with Crippen molar-refractivity contribution in [2.24, 2.45) is 0 Å². The number of hydrogen-bond donors (Lipinski definition) is 4. The molecular formula is C23H30N4O3. The molecule has 0 saturated heterocycles. The molecule has 0 aliphatic rings. The second-order valence-corrected chi connectivity index (χ2v) is 7.50. The van der Waals surface area contributed by atoms with Crippen molar-refractivity contribution in [3.63, 3.8) is 0 Å². The third-order valence-corrected chi connectivity index (χ3v) is 4.46. The van der Waals surface area contributed by atoms with Gasteiger partial charge < -0.3 is 21.3 Å². The molecule has 0 radical (unpaired) electrons. The quantitative estimate of drug-likeness (QED) is 0.534. The fourth-order valence-electron chi connectivity index (χ4n) is 2.65. The minimum atomic E-state index is -0.292. The molecule has 2 rings (SSSR count). The van der Waals surface area contributed by atoms with Gasteiger partial charge in [-0.15, -0.1) is 0 Å². The zero-order valence-electron chi connectivity index (χ0n) is 17.9. The number of rotatable bonds is 8. The average Bonchev–Trinajstić information content (AvgIpc) is 2.72. The van der Waals surface area contributed by atoms with Crippen LogP contribution in [0.15, 0.2) is 48.5 Å². The summed E-state index contributed by atoms with van der Waals surface area (Å²) < 4.78 is 0. The highest BCUT2D eigenvalue weighted by molar-refractivity contribution is 5.96. The van der Waals surface area contributed by atoms with E-state index >= 15 is 0 Å². The molecule has 4 amide bonds. The molecule has 0 aliphatic carbocycles. The summed E-state index contributed by atoms with van der Waals surface area (Å²) in [4.78, 5) is 36.4. The Balaban J connectivity index is 1.92. The second kappa shape index (κ2) is 11.0. The number of urea groups is 1. The van der Waals surface area contributed by atoms with Crippen LogP contribution in [0.2, 0.25) is 0 Å². The number of carbonyl (C=O) groups excluding carboxylic acids is 3. The molecule has 0 heterocycles. The lowest BCUT2D eigenvalue weighted by atomic mass is 10.1. The van der Waals surface area contributed by atoms with Gasteiger partial charge in [0.25, 0.3) is 11.8 Å². The molecule has 4 N–H and O–H groups in total. The van der Waals surface area contributed by atoms with Gasteiger partial charge in [0.1, 0.15) is 0 Å². The van der Waals surface area contributed by atoms with Crippen molar-refractivity contribution >= 4 is 23.5 Å². The van der Waals surface area contributed by atoms with Gasteiger partial charge in [0.2, 0.25) is 0 Å². The number of hydrogen-bond acceptors (Lipinski definition) is 3. The minimum Gasteiger partial charge on any atom is -0.350 e. The van der Waals surface area contributed by atoms with Crippen LogP contribution in [0.3, 0.4) is 0 Å². The highest BCUT2D eigenvalue weighted by Gasteiger charge is 2.10. The highest BCUT2D eigenvalue weighted by atomic mass is 16.2. The Morgan fingerprint density at radius 1 is 0.867 bits per heavy atom. The fourth-order valence-corrected chi connectivity index (χ4v) is 2.65. The Morgan fingerprint density at radius 3 is 2.20 bits per heavy atom. The highest BCUT2D eigenvalue weighted by Crippen LogP contribution is 2.11. The molecule has 2 aromatic rings. The van der Waals surface area contributed by atoms with Crippen molar-refractivity contribution in [2.75, 3.05) is 5.32 Å². The number of carbonyl (C=O) groups is 3. The van der Waals surface area contributed by atoms with Crippen molar-refractivity contribution in [2.45, 2.75) is 52.7 Å². The van der Waals surface area contributed by atoms with E-state index in [9.17, 15) is 14.4 Å². The Kier molecular flexibility index (Phi) is 8.41. The number of nitrogens with one attached hydrogen (secondary N) is 4. The summed E-state index contributed by atoms with van der Waals surface area (Å²) in [5, 5.41) is 11.2. The Labute approximate surface area is 177 Å². The molecule has 0 aromatic heterocycles. The van der Waals surface area contributed by atoms with Crippen LogP contribution in [0.1, 0.15) is 60.4 Å². The maximum Gasteiger partial charge on any atom is 0.319 e. The molecule has 0 spiro atoms. The smallest absolute Gasteiger partial charge is 0.319 e. The zero-order chi connectivity index (χ0) is 22.1. The van der Waals surface area contributed by atoms with E-state index in [0.29, 0.717) is 23.4 Å². The van der Waals surface area contributed by atoms with Crippen molar-refractivity contribution in [3.05, 3.63) is 65.2 Å². The first kappa shape index (κ1) is 22.9. The molecule has 1 unspecified atom stereocenters. The molecule has 0 saturated carbocycles. The average molecular weight is 411 g/mol. The van der Waals surface area contributed by atoms with Gasteiger partial charge in [-0.05, 0) is 69.2 Å². The fraction of sp³-hybridized carbons (Fsp3) is 0.348. The monoisotopic (exact) mass is 410 g/mol.